The van der Waals surface area contributed by atoms with E-state index < -0.39 is 0 Å². The fraction of sp³-hybridized carbons (Fsp3) is 0.357. The highest BCUT2D eigenvalue weighted by molar-refractivity contribution is 5.74. The van der Waals surface area contributed by atoms with E-state index in [0.717, 1.165) is 31.5 Å². The van der Waals surface area contributed by atoms with Gasteiger partial charge in [0.25, 0.3) is 0 Å². The van der Waals surface area contributed by atoms with E-state index in [2.05, 4.69) is 17.2 Å². The first-order chi connectivity index (χ1) is 8.36. The van der Waals surface area contributed by atoms with Crippen LogP contribution in [0.3, 0.4) is 0 Å². The third-order valence-corrected chi connectivity index (χ3v) is 2.73. The SMILES string of the molecule is O=C(NCC#Cc1ccccc1)N1CCCC1. The molecule has 2 rings (SSSR count). The number of urea groups is 1. The van der Waals surface area contributed by atoms with Crippen LogP contribution in [0.4, 0.5) is 4.79 Å². The number of nitrogens with zero attached hydrogens (tertiary/aromatic N) is 1. The van der Waals surface area contributed by atoms with Crippen molar-refractivity contribution in [3.8, 4) is 11.8 Å². The summed E-state index contributed by atoms with van der Waals surface area (Å²) in [6, 6.07) is 9.77. The second-order valence-corrected chi connectivity index (χ2v) is 4.02. The maximum absolute atomic E-state index is 11.6. The van der Waals surface area contributed by atoms with Gasteiger partial charge in [0.05, 0.1) is 6.54 Å². The van der Waals surface area contributed by atoms with Crippen LogP contribution in [0.1, 0.15) is 18.4 Å². The van der Waals surface area contributed by atoms with Crippen LogP contribution in [0, 0.1) is 11.8 Å². The smallest absolute Gasteiger partial charge is 0.318 e. The van der Waals surface area contributed by atoms with Gasteiger partial charge < -0.3 is 10.2 Å². The Hall–Kier alpha value is -1.95. The summed E-state index contributed by atoms with van der Waals surface area (Å²) >= 11 is 0. The summed E-state index contributed by atoms with van der Waals surface area (Å²) in [5.41, 5.74) is 0.975. The summed E-state index contributed by atoms with van der Waals surface area (Å²) in [5, 5.41) is 2.81. The minimum Gasteiger partial charge on any atom is -0.327 e. The standard InChI is InChI=1S/C14H16N2O/c17-14(16-11-4-5-12-16)15-10-6-9-13-7-2-1-3-8-13/h1-3,7-8H,4-5,10-12H2,(H,15,17). The zero-order valence-corrected chi connectivity index (χ0v) is 9.78. The third kappa shape index (κ3) is 3.53. The molecule has 1 aromatic carbocycles. The van der Waals surface area contributed by atoms with Gasteiger partial charge in [0.1, 0.15) is 0 Å². The summed E-state index contributed by atoms with van der Waals surface area (Å²) in [5.74, 6) is 5.95. The Kier molecular flexibility index (Phi) is 4.04. The quantitative estimate of drug-likeness (QED) is 0.731. The monoisotopic (exact) mass is 228 g/mol. The van der Waals surface area contributed by atoms with Gasteiger partial charge in [0.2, 0.25) is 0 Å². The maximum atomic E-state index is 11.6. The molecule has 0 atom stereocenters. The Balaban J connectivity index is 1.76. The number of hydrogen-bond donors (Lipinski definition) is 1. The molecule has 0 saturated carbocycles. The highest BCUT2D eigenvalue weighted by Crippen LogP contribution is 2.06. The molecule has 1 aliphatic heterocycles. The molecule has 88 valence electrons. The Morgan fingerprint density at radius 3 is 2.65 bits per heavy atom. The molecule has 1 saturated heterocycles. The predicted molar refractivity (Wildman–Crippen MR) is 67.5 cm³/mol. The van der Waals surface area contributed by atoms with E-state index in [0.29, 0.717) is 6.54 Å². The molecule has 1 aromatic rings. The van der Waals surface area contributed by atoms with Crippen LogP contribution in [0.25, 0.3) is 0 Å². The fourth-order valence-corrected chi connectivity index (χ4v) is 1.82. The van der Waals surface area contributed by atoms with Crippen molar-refractivity contribution in [3.05, 3.63) is 35.9 Å². The zero-order valence-electron chi connectivity index (χ0n) is 9.78. The Morgan fingerprint density at radius 1 is 1.24 bits per heavy atom. The second-order valence-electron chi connectivity index (χ2n) is 4.02. The number of hydrogen-bond acceptors (Lipinski definition) is 1. The molecule has 0 unspecified atom stereocenters. The maximum Gasteiger partial charge on any atom is 0.318 e. The topological polar surface area (TPSA) is 32.3 Å². The first-order valence-electron chi connectivity index (χ1n) is 5.93. The van der Waals surface area contributed by atoms with Crippen LogP contribution >= 0.6 is 0 Å². The average molecular weight is 228 g/mol. The van der Waals surface area contributed by atoms with Crippen molar-refractivity contribution in [3.63, 3.8) is 0 Å². The second kappa shape index (κ2) is 5.95. The van der Waals surface area contributed by atoms with E-state index in [-0.39, 0.29) is 6.03 Å². The largest absolute Gasteiger partial charge is 0.327 e. The van der Waals surface area contributed by atoms with Crippen LogP contribution in [-0.2, 0) is 0 Å². The van der Waals surface area contributed by atoms with Crippen molar-refractivity contribution in [2.45, 2.75) is 12.8 Å². The number of benzene rings is 1. The summed E-state index contributed by atoms with van der Waals surface area (Å²) in [6.45, 7) is 2.15. The Bertz CT molecular complexity index is 425. The number of rotatable bonds is 1. The Morgan fingerprint density at radius 2 is 1.94 bits per heavy atom. The fourth-order valence-electron chi connectivity index (χ4n) is 1.82. The van der Waals surface area contributed by atoms with Gasteiger partial charge in [0, 0.05) is 18.7 Å². The van der Waals surface area contributed by atoms with Crippen LogP contribution in [0.2, 0.25) is 0 Å². The van der Waals surface area contributed by atoms with Crippen LogP contribution in [0.15, 0.2) is 30.3 Å². The number of likely N-dealkylation sites (tertiary alicyclic amines) is 1. The molecule has 1 heterocycles. The lowest BCUT2D eigenvalue weighted by atomic mass is 10.2. The molecule has 17 heavy (non-hydrogen) atoms. The molecule has 3 heteroatoms. The first-order valence-corrected chi connectivity index (χ1v) is 5.93. The highest BCUT2D eigenvalue weighted by atomic mass is 16.2. The minimum atomic E-state index is 0.00450. The molecular weight excluding hydrogens is 212 g/mol. The summed E-state index contributed by atoms with van der Waals surface area (Å²) in [6.07, 6.45) is 2.23. The van der Waals surface area contributed by atoms with Crippen molar-refractivity contribution >= 4 is 6.03 Å². The number of carbonyl (C=O) groups is 1. The first kappa shape index (κ1) is 11.5. The molecular formula is C14H16N2O. The molecule has 1 N–H and O–H groups in total. The molecule has 0 bridgehead atoms. The van der Waals surface area contributed by atoms with E-state index in [4.69, 9.17) is 0 Å². The summed E-state index contributed by atoms with van der Waals surface area (Å²) in [7, 11) is 0. The molecule has 0 aliphatic carbocycles. The van der Waals surface area contributed by atoms with Gasteiger partial charge in [-0.15, -0.1) is 0 Å². The van der Waals surface area contributed by atoms with Crippen molar-refractivity contribution in [1.29, 1.82) is 0 Å². The molecule has 1 fully saturated rings. The van der Waals surface area contributed by atoms with Crippen molar-refractivity contribution in [1.82, 2.24) is 10.2 Å². The molecule has 0 radical (unpaired) electrons. The molecule has 3 nitrogen and oxygen atoms in total. The third-order valence-electron chi connectivity index (χ3n) is 2.73. The van der Waals surface area contributed by atoms with Gasteiger partial charge in [-0.1, -0.05) is 30.0 Å². The average Bonchev–Trinajstić information content (AvgIpc) is 2.89. The molecule has 0 spiro atoms. The lowest BCUT2D eigenvalue weighted by Gasteiger charge is -2.14. The highest BCUT2D eigenvalue weighted by Gasteiger charge is 2.16. The summed E-state index contributed by atoms with van der Waals surface area (Å²) < 4.78 is 0. The summed E-state index contributed by atoms with van der Waals surface area (Å²) in [4.78, 5) is 13.4. The lowest BCUT2D eigenvalue weighted by molar-refractivity contribution is 0.210. The van der Waals surface area contributed by atoms with Crippen molar-refractivity contribution in [2.75, 3.05) is 19.6 Å². The van der Waals surface area contributed by atoms with Gasteiger partial charge in [-0.2, -0.15) is 0 Å². The van der Waals surface area contributed by atoms with Crippen molar-refractivity contribution < 1.29 is 4.79 Å². The molecule has 2 amide bonds. The molecule has 0 aromatic heterocycles. The van der Waals surface area contributed by atoms with E-state index in [1.807, 2.05) is 35.2 Å². The predicted octanol–water partition coefficient (Wildman–Crippen LogP) is 1.84. The Labute approximate surface area is 102 Å². The van der Waals surface area contributed by atoms with Gasteiger partial charge in [-0.25, -0.2) is 4.79 Å². The minimum absolute atomic E-state index is 0.00450. The number of carbonyl (C=O) groups excluding carboxylic acids is 1. The van der Waals surface area contributed by atoms with Crippen LogP contribution in [-0.4, -0.2) is 30.6 Å². The van der Waals surface area contributed by atoms with E-state index in [1.165, 1.54) is 0 Å². The van der Waals surface area contributed by atoms with E-state index >= 15 is 0 Å². The number of nitrogens with one attached hydrogen (secondary N) is 1. The van der Waals surface area contributed by atoms with Gasteiger partial charge in [-0.3, -0.25) is 0 Å². The molecule has 1 aliphatic rings. The van der Waals surface area contributed by atoms with E-state index in [9.17, 15) is 4.79 Å². The zero-order chi connectivity index (χ0) is 11.9. The lowest BCUT2D eigenvalue weighted by Crippen LogP contribution is -2.38. The van der Waals surface area contributed by atoms with Gasteiger partial charge in [0.15, 0.2) is 0 Å². The normalized spacial score (nSPS) is 14.0. The van der Waals surface area contributed by atoms with Gasteiger partial charge in [-0.05, 0) is 25.0 Å². The van der Waals surface area contributed by atoms with E-state index in [1.54, 1.807) is 0 Å². The van der Waals surface area contributed by atoms with Gasteiger partial charge >= 0.3 is 6.03 Å². The van der Waals surface area contributed by atoms with Crippen LogP contribution in [0.5, 0.6) is 0 Å². The van der Waals surface area contributed by atoms with Crippen molar-refractivity contribution in [2.24, 2.45) is 0 Å². The number of amides is 2. The van der Waals surface area contributed by atoms with Crippen LogP contribution < -0.4 is 5.32 Å².